The minimum Gasteiger partial charge on any atom is -0.382 e. The highest BCUT2D eigenvalue weighted by atomic mass is 32.1. The fourth-order valence-corrected chi connectivity index (χ4v) is 4.90. The van der Waals surface area contributed by atoms with E-state index in [9.17, 15) is 28.0 Å². The lowest BCUT2D eigenvalue weighted by Gasteiger charge is -2.29. The summed E-state index contributed by atoms with van der Waals surface area (Å²) in [5.74, 6) is -6.66. The Balaban J connectivity index is 1.69. The van der Waals surface area contributed by atoms with Gasteiger partial charge in [0.25, 0.3) is 0 Å². The van der Waals surface area contributed by atoms with E-state index < -0.39 is 53.7 Å². The largest absolute Gasteiger partial charge is 0.382 e. The molecule has 3 atom stereocenters. The first-order valence-electron chi connectivity index (χ1n) is 12.2. The van der Waals surface area contributed by atoms with E-state index in [-0.39, 0.29) is 32.3 Å². The van der Waals surface area contributed by atoms with Crippen LogP contribution < -0.4 is 10.6 Å². The molecule has 2 aromatic rings. The van der Waals surface area contributed by atoms with Gasteiger partial charge in [0.15, 0.2) is 0 Å². The second-order valence-corrected chi connectivity index (χ2v) is 10.1. The summed E-state index contributed by atoms with van der Waals surface area (Å²) in [5, 5.41) is 7.58. The average Bonchev–Trinajstić information content (AvgIpc) is 3.40. The van der Waals surface area contributed by atoms with Crippen LogP contribution in [0.4, 0.5) is 8.78 Å². The topological polar surface area (TPSA) is 114 Å². The van der Waals surface area contributed by atoms with Crippen LogP contribution in [0.3, 0.4) is 0 Å². The van der Waals surface area contributed by atoms with Crippen molar-refractivity contribution in [3.8, 4) is 0 Å². The van der Waals surface area contributed by atoms with Gasteiger partial charge < -0.3 is 15.4 Å². The summed E-state index contributed by atoms with van der Waals surface area (Å²) in [5.41, 5.74) is 0.727. The molecule has 0 bridgehead atoms. The quantitative estimate of drug-likeness (QED) is 0.381. The molecule has 8 nitrogen and oxygen atoms in total. The zero-order valence-corrected chi connectivity index (χ0v) is 21.4. The van der Waals surface area contributed by atoms with Gasteiger partial charge in [-0.2, -0.15) is 0 Å². The number of hydrogen-bond acceptors (Lipinski definition) is 7. The Morgan fingerprint density at radius 3 is 2.57 bits per heavy atom. The Kier molecular flexibility index (Phi) is 10.4. The Morgan fingerprint density at radius 1 is 1.16 bits per heavy atom. The van der Waals surface area contributed by atoms with E-state index in [4.69, 9.17) is 4.74 Å². The number of ketones is 2. The highest BCUT2D eigenvalue weighted by molar-refractivity contribution is 7.09. The number of benzene rings is 1. The molecule has 0 saturated heterocycles. The molecule has 1 saturated carbocycles. The Hall–Kier alpha value is -3.05. The Morgan fingerprint density at radius 2 is 1.92 bits per heavy atom. The van der Waals surface area contributed by atoms with Crippen molar-refractivity contribution in [3.63, 3.8) is 0 Å². The van der Waals surface area contributed by atoms with Crippen LogP contribution in [0.2, 0.25) is 0 Å². The molecule has 1 aromatic heterocycles. The molecule has 1 unspecified atom stereocenters. The predicted molar refractivity (Wildman–Crippen MR) is 133 cm³/mol. The minimum absolute atomic E-state index is 0.0539. The number of nitrogens with zero attached hydrogens (tertiary/aromatic N) is 1. The van der Waals surface area contributed by atoms with E-state index in [1.165, 1.54) is 18.4 Å². The number of rotatable bonds is 13. The Bertz CT molecular complexity index is 1070. The molecule has 11 heteroatoms. The van der Waals surface area contributed by atoms with Crippen LogP contribution in [0, 0.1) is 5.92 Å². The van der Waals surface area contributed by atoms with Crippen molar-refractivity contribution in [1.29, 1.82) is 0 Å². The third-order valence-corrected chi connectivity index (χ3v) is 7.06. The molecule has 1 aromatic carbocycles. The summed E-state index contributed by atoms with van der Waals surface area (Å²) in [6.45, 7) is -0.231. The number of alkyl halides is 2. The van der Waals surface area contributed by atoms with E-state index in [0.29, 0.717) is 12.8 Å². The van der Waals surface area contributed by atoms with Gasteiger partial charge in [0, 0.05) is 56.7 Å². The van der Waals surface area contributed by atoms with Gasteiger partial charge in [0.2, 0.25) is 29.3 Å². The molecular formula is C26H31F2N3O5S. The molecule has 200 valence electrons. The van der Waals surface area contributed by atoms with Crippen molar-refractivity contribution in [1.82, 2.24) is 15.6 Å². The number of amides is 2. The lowest BCUT2D eigenvalue weighted by atomic mass is 9.86. The molecule has 1 heterocycles. The second kappa shape index (κ2) is 13.5. The maximum atomic E-state index is 13.8. The summed E-state index contributed by atoms with van der Waals surface area (Å²) in [6, 6.07) is 6.50. The summed E-state index contributed by atoms with van der Waals surface area (Å²) < 4.78 is 32.7. The standard InChI is InChI=1S/C26H31F2N3O5S/c1-36-16-20(31-24(34)18-8-5-11-26(27,28)15-18)25(35)30-19(14-17-6-3-2-4-7-17)23(33)21(32)9-10-22-29-12-13-37-22/h2-4,6-7,12-13,18-20H,5,8-11,14-16H2,1H3,(H,30,35)(H,31,34)/t18?,19-,20-/m1/s1. The second-order valence-electron chi connectivity index (χ2n) is 9.13. The van der Waals surface area contributed by atoms with E-state index in [1.54, 1.807) is 41.9 Å². The van der Waals surface area contributed by atoms with Gasteiger partial charge in [0.1, 0.15) is 6.04 Å². The van der Waals surface area contributed by atoms with Crippen LogP contribution in [0.1, 0.15) is 42.7 Å². The number of halogens is 2. The third-order valence-electron chi connectivity index (χ3n) is 6.22. The molecule has 0 spiro atoms. The third kappa shape index (κ3) is 8.78. The number of aryl methyl sites for hydroxylation is 1. The maximum Gasteiger partial charge on any atom is 0.248 e. The summed E-state index contributed by atoms with van der Waals surface area (Å²) in [7, 11) is 1.33. The van der Waals surface area contributed by atoms with Crippen molar-refractivity contribution in [2.75, 3.05) is 13.7 Å². The number of Topliss-reactive ketones (excluding diaryl/α,β-unsaturated/α-hetero) is 2. The summed E-state index contributed by atoms with van der Waals surface area (Å²) in [6.07, 6.45) is 1.60. The number of nitrogens with one attached hydrogen (secondary N) is 2. The molecule has 3 rings (SSSR count). The first-order valence-corrected chi connectivity index (χ1v) is 13.0. The number of aromatic nitrogens is 1. The Labute approximate surface area is 218 Å². The van der Waals surface area contributed by atoms with Crippen molar-refractivity contribution in [3.05, 3.63) is 52.5 Å². The van der Waals surface area contributed by atoms with E-state index in [0.717, 1.165) is 10.6 Å². The minimum atomic E-state index is -2.93. The van der Waals surface area contributed by atoms with Crippen LogP contribution in [0.25, 0.3) is 0 Å². The predicted octanol–water partition coefficient (Wildman–Crippen LogP) is 2.90. The molecule has 2 amide bonds. The number of carbonyl (C=O) groups excluding carboxylic acids is 4. The van der Waals surface area contributed by atoms with Crippen LogP contribution >= 0.6 is 11.3 Å². The van der Waals surface area contributed by atoms with Gasteiger partial charge >= 0.3 is 0 Å². The number of carbonyl (C=O) groups is 4. The molecule has 2 N–H and O–H groups in total. The smallest absolute Gasteiger partial charge is 0.248 e. The van der Waals surface area contributed by atoms with Crippen LogP contribution in [0.15, 0.2) is 41.9 Å². The lowest BCUT2D eigenvalue weighted by Crippen LogP contribution is -2.56. The van der Waals surface area contributed by atoms with Crippen LogP contribution in [-0.2, 0) is 36.8 Å². The highest BCUT2D eigenvalue weighted by Gasteiger charge is 2.40. The lowest BCUT2D eigenvalue weighted by molar-refractivity contribution is -0.140. The first-order chi connectivity index (χ1) is 17.7. The molecule has 1 aliphatic rings. The monoisotopic (exact) mass is 535 g/mol. The molecule has 0 aliphatic heterocycles. The zero-order chi connectivity index (χ0) is 26.8. The van der Waals surface area contributed by atoms with Crippen LogP contribution in [0.5, 0.6) is 0 Å². The molecule has 1 aliphatic carbocycles. The summed E-state index contributed by atoms with van der Waals surface area (Å²) in [4.78, 5) is 55.7. The highest BCUT2D eigenvalue weighted by Crippen LogP contribution is 2.36. The molecule has 37 heavy (non-hydrogen) atoms. The van der Waals surface area contributed by atoms with E-state index in [1.807, 2.05) is 0 Å². The van der Waals surface area contributed by atoms with Crippen LogP contribution in [-0.4, -0.2) is 60.1 Å². The van der Waals surface area contributed by atoms with Crippen molar-refractivity contribution in [2.45, 2.75) is 63.0 Å². The van der Waals surface area contributed by atoms with E-state index in [2.05, 4.69) is 15.6 Å². The zero-order valence-electron chi connectivity index (χ0n) is 20.6. The van der Waals surface area contributed by atoms with Gasteiger partial charge in [-0.15, -0.1) is 11.3 Å². The SMILES string of the molecule is COC[C@@H](NC(=O)C1CCCC(F)(F)C1)C(=O)N[C@H](Cc1ccccc1)C(=O)C(=O)CCc1nccs1. The average molecular weight is 536 g/mol. The van der Waals surface area contributed by atoms with Gasteiger partial charge in [-0.05, 0) is 18.4 Å². The number of thiazole rings is 1. The van der Waals surface area contributed by atoms with Gasteiger partial charge in [-0.25, -0.2) is 13.8 Å². The number of methoxy groups -OCH3 is 1. The maximum absolute atomic E-state index is 13.8. The normalized spacial score (nSPS) is 18.4. The van der Waals surface area contributed by atoms with Gasteiger partial charge in [-0.3, -0.25) is 19.2 Å². The van der Waals surface area contributed by atoms with Crippen molar-refractivity contribution in [2.24, 2.45) is 5.92 Å². The number of hydrogen-bond donors (Lipinski definition) is 2. The molecule has 0 radical (unpaired) electrons. The molecule has 1 fully saturated rings. The van der Waals surface area contributed by atoms with Gasteiger partial charge in [-0.1, -0.05) is 30.3 Å². The molecular weight excluding hydrogens is 504 g/mol. The fourth-order valence-electron chi connectivity index (χ4n) is 4.28. The van der Waals surface area contributed by atoms with Gasteiger partial charge in [0.05, 0.1) is 17.7 Å². The number of ether oxygens (including phenoxy) is 1. The summed E-state index contributed by atoms with van der Waals surface area (Å²) >= 11 is 1.38. The first kappa shape index (κ1) is 28.5. The fraction of sp³-hybridized carbons (Fsp3) is 0.500. The van der Waals surface area contributed by atoms with Crippen molar-refractivity contribution >= 4 is 34.7 Å². The van der Waals surface area contributed by atoms with E-state index >= 15 is 0 Å². The van der Waals surface area contributed by atoms with Crippen molar-refractivity contribution < 1.29 is 32.7 Å².